The van der Waals surface area contributed by atoms with Crippen molar-refractivity contribution in [1.29, 1.82) is 0 Å². The molecule has 1 aliphatic rings. The van der Waals surface area contributed by atoms with Gasteiger partial charge in [-0.05, 0) is 43.7 Å². The molecule has 0 atom stereocenters. The third-order valence-corrected chi connectivity index (χ3v) is 3.54. The predicted octanol–water partition coefficient (Wildman–Crippen LogP) is 3.85. The van der Waals surface area contributed by atoms with Gasteiger partial charge in [-0.3, -0.25) is 0 Å². The molecule has 1 aliphatic heterocycles. The number of para-hydroxylation sites is 1. The van der Waals surface area contributed by atoms with Gasteiger partial charge in [-0.25, -0.2) is 0 Å². The van der Waals surface area contributed by atoms with E-state index in [1.807, 2.05) is 0 Å². The maximum absolute atomic E-state index is 5.73. The number of rotatable bonds is 4. The van der Waals surface area contributed by atoms with Crippen molar-refractivity contribution >= 4 is 17.3 Å². The summed E-state index contributed by atoms with van der Waals surface area (Å²) in [5.74, 6) is 0.787. The van der Waals surface area contributed by atoms with Crippen molar-refractivity contribution in [3.05, 3.63) is 29.8 Å². The first-order valence-corrected chi connectivity index (χ1v) is 6.84. The van der Waals surface area contributed by atoms with E-state index >= 15 is 0 Å². The van der Waals surface area contributed by atoms with E-state index in [0.717, 1.165) is 18.8 Å². The van der Waals surface area contributed by atoms with Crippen molar-refractivity contribution < 1.29 is 0 Å². The number of aryl methyl sites for hydroxylation is 1. The van der Waals surface area contributed by atoms with E-state index in [9.17, 15) is 0 Å². The van der Waals surface area contributed by atoms with Gasteiger partial charge >= 0.3 is 0 Å². The molecule has 88 valence electrons. The Kier molecular flexibility index (Phi) is 4.53. The Labute approximate surface area is 103 Å². The fraction of sp³-hybridized carbons (Fsp3) is 0.571. The van der Waals surface area contributed by atoms with Gasteiger partial charge in [-0.1, -0.05) is 18.2 Å². The standard InChI is InChI=1S/C14H20ClN/c15-10-4-6-12-16-11-5-3-8-13-7-1-2-9-14(13)16/h1-2,7,9H,3-6,8,10-12H2. The molecule has 0 aliphatic carbocycles. The van der Waals surface area contributed by atoms with Gasteiger partial charge in [-0.15, -0.1) is 11.6 Å². The van der Waals surface area contributed by atoms with E-state index in [1.165, 1.54) is 43.5 Å². The molecular formula is C14H20ClN. The van der Waals surface area contributed by atoms with Crippen LogP contribution in [0.5, 0.6) is 0 Å². The van der Waals surface area contributed by atoms with Gasteiger partial charge in [-0.2, -0.15) is 0 Å². The molecule has 0 amide bonds. The van der Waals surface area contributed by atoms with E-state index < -0.39 is 0 Å². The molecule has 0 aromatic heterocycles. The molecular weight excluding hydrogens is 218 g/mol. The molecule has 0 radical (unpaired) electrons. The summed E-state index contributed by atoms with van der Waals surface area (Å²) in [7, 11) is 0. The van der Waals surface area contributed by atoms with Gasteiger partial charge in [0.15, 0.2) is 0 Å². The smallest absolute Gasteiger partial charge is 0.0398 e. The molecule has 0 fully saturated rings. The average molecular weight is 238 g/mol. The number of hydrogen-bond donors (Lipinski definition) is 0. The van der Waals surface area contributed by atoms with Crippen molar-refractivity contribution in [2.24, 2.45) is 0 Å². The summed E-state index contributed by atoms with van der Waals surface area (Å²) in [5, 5.41) is 0. The second kappa shape index (κ2) is 6.15. The van der Waals surface area contributed by atoms with Gasteiger partial charge in [0.25, 0.3) is 0 Å². The summed E-state index contributed by atoms with van der Waals surface area (Å²) < 4.78 is 0. The fourth-order valence-corrected chi connectivity index (χ4v) is 2.59. The fourth-order valence-electron chi connectivity index (χ4n) is 2.40. The zero-order valence-corrected chi connectivity index (χ0v) is 10.5. The topological polar surface area (TPSA) is 3.24 Å². The van der Waals surface area contributed by atoms with Crippen molar-refractivity contribution in [2.75, 3.05) is 23.9 Å². The van der Waals surface area contributed by atoms with Crippen LogP contribution in [0.25, 0.3) is 0 Å². The van der Waals surface area contributed by atoms with Crippen LogP contribution in [-0.4, -0.2) is 19.0 Å². The van der Waals surface area contributed by atoms with E-state index in [4.69, 9.17) is 11.6 Å². The first-order valence-electron chi connectivity index (χ1n) is 6.30. The van der Waals surface area contributed by atoms with Crippen molar-refractivity contribution in [1.82, 2.24) is 0 Å². The Bertz CT molecular complexity index is 324. The van der Waals surface area contributed by atoms with Gasteiger partial charge < -0.3 is 4.90 Å². The molecule has 0 unspecified atom stereocenters. The Morgan fingerprint density at radius 1 is 1.12 bits per heavy atom. The number of anilines is 1. The number of fused-ring (bicyclic) bond motifs is 1. The maximum Gasteiger partial charge on any atom is 0.0398 e. The minimum Gasteiger partial charge on any atom is -0.371 e. The lowest BCUT2D eigenvalue weighted by Gasteiger charge is -2.24. The Hall–Kier alpha value is -0.690. The molecule has 0 saturated heterocycles. The zero-order chi connectivity index (χ0) is 11.2. The number of halogens is 1. The predicted molar refractivity (Wildman–Crippen MR) is 71.5 cm³/mol. The molecule has 16 heavy (non-hydrogen) atoms. The molecule has 0 N–H and O–H groups in total. The number of benzene rings is 1. The maximum atomic E-state index is 5.73. The van der Waals surface area contributed by atoms with Gasteiger partial charge in [0.05, 0.1) is 0 Å². The van der Waals surface area contributed by atoms with Crippen molar-refractivity contribution in [2.45, 2.75) is 32.1 Å². The Balaban J connectivity index is 2.06. The summed E-state index contributed by atoms with van der Waals surface area (Å²) in [6, 6.07) is 8.84. The van der Waals surface area contributed by atoms with Gasteiger partial charge in [0.1, 0.15) is 0 Å². The summed E-state index contributed by atoms with van der Waals surface area (Å²) in [6.45, 7) is 2.36. The zero-order valence-electron chi connectivity index (χ0n) is 9.79. The monoisotopic (exact) mass is 237 g/mol. The van der Waals surface area contributed by atoms with E-state index in [2.05, 4.69) is 29.2 Å². The van der Waals surface area contributed by atoms with Crippen LogP contribution in [0.1, 0.15) is 31.2 Å². The van der Waals surface area contributed by atoms with Crippen LogP contribution in [0.3, 0.4) is 0 Å². The quantitative estimate of drug-likeness (QED) is 0.568. The Morgan fingerprint density at radius 3 is 2.88 bits per heavy atom. The highest BCUT2D eigenvalue weighted by atomic mass is 35.5. The number of nitrogens with zero attached hydrogens (tertiary/aromatic N) is 1. The molecule has 1 nitrogen and oxygen atoms in total. The molecule has 0 bridgehead atoms. The van der Waals surface area contributed by atoms with Crippen LogP contribution < -0.4 is 4.90 Å². The van der Waals surface area contributed by atoms with E-state index in [1.54, 1.807) is 0 Å². The van der Waals surface area contributed by atoms with E-state index in [-0.39, 0.29) is 0 Å². The SMILES string of the molecule is ClCCCCN1CCCCc2ccccc21. The highest BCUT2D eigenvalue weighted by Gasteiger charge is 2.13. The lowest BCUT2D eigenvalue weighted by Crippen LogP contribution is -2.25. The summed E-state index contributed by atoms with van der Waals surface area (Å²) in [5.41, 5.74) is 2.97. The molecule has 2 heteroatoms. The second-order valence-electron chi connectivity index (χ2n) is 4.47. The normalized spacial score (nSPS) is 15.7. The van der Waals surface area contributed by atoms with Crippen LogP contribution in [0, 0.1) is 0 Å². The number of hydrogen-bond acceptors (Lipinski definition) is 1. The lowest BCUT2D eigenvalue weighted by molar-refractivity contribution is 0.683. The van der Waals surface area contributed by atoms with Gasteiger partial charge in [0, 0.05) is 24.7 Å². The molecule has 0 spiro atoms. The number of unbranched alkanes of at least 4 members (excludes halogenated alkanes) is 1. The number of alkyl halides is 1. The molecule has 0 saturated carbocycles. The largest absolute Gasteiger partial charge is 0.371 e. The van der Waals surface area contributed by atoms with Crippen LogP contribution in [-0.2, 0) is 6.42 Å². The summed E-state index contributed by atoms with van der Waals surface area (Å²) in [4.78, 5) is 2.54. The molecule has 2 rings (SSSR count). The summed E-state index contributed by atoms with van der Waals surface area (Å²) in [6.07, 6.45) is 6.21. The van der Waals surface area contributed by atoms with Crippen LogP contribution in [0.15, 0.2) is 24.3 Å². The summed E-state index contributed by atoms with van der Waals surface area (Å²) >= 11 is 5.73. The highest BCUT2D eigenvalue weighted by Crippen LogP contribution is 2.26. The highest BCUT2D eigenvalue weighted by molar-refractivity contribution is 6.17. The van der Waals surface area contributed by atoms with Crippen molar-refractivity contribution in [3.8, 4) is 0 Å². The average Bonchev–Trinajstić information content (AvgIpc) is 2.52. The molecule has 1 aromatic rings. The lowest BCUT2D eigenvalue weighted by atomic mass is 10.1. The first kappa shape index (κ1) is 11.8. The van der Waals surface area contributed by atoms with Gasteiger partial charge in [0.2, 0.25) is 0 Å². The van der Waals surface area contributed by atoms with Crippen LogP contribution in [0.4, 0.5) is 5.69 Å². The first-order chi connectivity index (χ1) is 7.92. The third kappa shape index (κ3) is 2.91. The third-order valence-electron chi connectivity index (χ3n) is 3.27. The van der Waals surface area contributed by atoms with Crippen LogP contribution in [0.2, 0.25) is 0 Å². The van der Waals surface area contributed by atoms with Crippen molar-refractivity contribution in [3.63, 3.8) is 0 Å². The van der Waals surface area contributed by atoms with E-state index in [0.29, 0.717) is 0 Å². The minimum absolute atomic E-state index is 0.787. The second-order valence-corrected chi connectivity index (χ2v) is 4.85. The molecule has 1 aromatic carbocycles. The molecule has 1 heterocycles. The Morgan fingerprint density at radius 2 is 2.00 bits per heavy atom. The van der Waals surface area contributed by atoms with Crippen LogP contribution >= 0.6 is 11.6 Å². The minimum atomic E-state index is 0.787.